The van der Waals surface area contributed by atoms with E-state index in [4.69, 9.17) is 4.98 Å². The lowest BCUT2D eigenvalue weighted by molar-refractivity contribution is 0.607. The van der Waals surface area contributed by atoms with Gasteiger partial charge in [0.2, 0.25) is 0 Å². The van der Waals surface area contributed by atoms with Crippen molar-refractivity contribution >= 4 is 44.1 Å². The number of nitriles is 1. The van der Waals surface area contributed by atoms with Crippen LogP contribution in [0.2, 0.25) is 0 Å². The van der Waals surface area contributed by atoms with E-state index in [0.29, 0.717) is 5.56 Å². The molecule has 32 heavy (non-hydrogen) atoms. The van der Waals surface area contributed by atoms with Crippen LogP contribution in [0.5, 0.6) is 0 Å². The second-order valence-electron chi connectivity index (χ2n) is 8.35. The van der Waals surface area contributed by atoms with E-state index in [0.717, 1.165) is 51.1 Å². The second kappa shape index (κ2) is 10.2. The standard InChI is InChI=1S/C27H29BrN4/c1-3-4-5-6-7-8-11-22-19(2)23(18-29)27-31-24-12-9-10-13-25(24)32(27)26(22)30-21-16-14-20(28)15-17-21/h9-10,12-17,30H,3-8,11H2,1-2H3. The Hall–Kier alpha value is -2.84. The first-order valence-electron chi connectivity index (χ1n) is 11.5. The molecule has 0 saturated carbocycles. The fourth-order valence-corrected chi connectivity index (χ4v) is 4.64. The van der Waals surface area contributed by atoms with Crippen LogP contribution in [-0.2, 0) is 6.42 Å². The van der Waals surface area contributed by atoms with Gasteiger partial charge < -0.3 is 5.32 Å². The molecule has 0 fully saturated rings. The van der Waals surface area contributed by atoms with Crippen molar-refractivity contribution in [3.05, 3.63) is 69.7 Å². The zero-order valence-electron chi connectivity index (χ0n) is 18.8. The van der Waals surface area contributed by atoms with Crippen LogP contribution in [0.1, 0.15) is 62.1 Å². The number of nitrogens with one attached hydrogen (secondary N) is 1. The Morgan fingerprint density at radius 3 is 2.47 bits per heavy atom. The monoisotopic (exact) mass is 488 g/mol. The Bertz CT molecular complexity index is 1270. The highest BCUT2D eigenvalue weighted by molar-refractivity contribution is 9.10. The third-order valence-electron chi connectivity index (χ3n) is 6.12. The Morgan fingerprint density at radius 1 is 1.00 bits per heavy atom. The second-order valence-corrected chi connectivity index (χ2v) is 9.26. The summed E-state index contributed by atoms with van der Waals surface area (Å²) in [6.45, 7) is 4.31. The van der Waals surface area contributed by atoms with Gasteiger partial charge in [-0.3, -0.25) is 4.40 Å². The summed E-state index contributed by atoms with van der Waals surface area (Å²) in [6, 6.07) is 18.8. The van der Waals surface area contributed by atoms with Gasteiger partial charge in [-0.2, -0.15) is 5.26 Å². The maximum atomic E-state index is 10.0. The van der Waals surface area contributed by atoms with Crippen LogP contribution >= 0.6 is 15.9 Å². The van der Waals surface area contributed by atoms with E-state index >= 15 is 0 Å². The van der Waals surface area contributed by atoms with Gasteiger partial charge in [0.25, 0.3) is 0 Å². The van der Waals surface area contributed by atoms with Gasteiger partial charge in [0, 0.05) is 10.2 Å². The van der Waals surface area contributed by atoms with Crippen molar-refractivity contribution in [3.8, 4) is 6.07 Å². The van der Waals surface area contributed by atoms with E-state index in [2.05, 4.69) is 63.8 Å². The Balaban J connectivity index is 1.83. The maximum Gasteiger partial charge on any atom is 0.157 e. The van der Waals surface area contributed by atoms with Gasteiger partial charge >= 0.3 is 0 Å². The lowest BCUT2D eigenvalue weighted by Gasteiger charge is -2.19. The summed E-state index contributed by atoms with van der Waals surface area (Å²) in [5.41, 5.74) is 6.56. The minimum Gasteiger partial charge on any atom is -0.341 e. The molecule has 0 radical (unpaired) electrons. The number of benzene rings is 2. The van der Waals surface area contributed by atoms with Crippen LogP contribution in [0.4, 0.5) is 11.5 Å². The van der Waals surface area contributed by atoms with Crippen LogP contribution in [0, 0.1) is 18.3 Å². The predicted octanol–water partition coefficient (Wildman–Crippen LogP) is 8.08. The van der Waals surface area contributed by atoms with Crippen molar-refractivity contribution in [2.24, 2.45) is 0 Å². The van der Waals surface area contributed by atoms with Crippen LogP contribution in [0.25, 0.3) is 16.7 Å². The number of hydrogen-bond acceptors (Lipinski definition) is 3. The molecule has 0 amide bonds. The van der Waals surface area contributed by atoms with Gasteiger partial charge in [-0.05, 0) is 67.3 Å². The Morgan fingerprint density at radius 2 is 1.72 bits per heavy atom. The topological polar surface area (TPSA) is 53.1 Å². The van der Waals surface area contributed by atoms with Crippen molar-refractivity contribution < 1.29 is 0 Å². The number of pyridine rings is 1. The van der Waals surface area contributed by atoms with Gasteiger partial charge in [-0.25, -0.2) is 4.98 Å². The first kappa shape index (κ1) is 22.4. The molecule has 4 aromatic rings. The number of unbranched alkanes of at least 4 members (excludes halogenated alkanes) is 5. The number of anilines is 2. The quantitative estimate of drug-likeness (QED) is 0.242. The molecule has 1 N–H and O–H groups in total. The average Bonchev–Trinajstić information content (AvgIpc) is 3.18. The molecule has 164 valence electrons. The zero-order valence-corrected chi connectivity index (χ0v) is 20.4. The number of imidazole rings is 1. The van der Waals surface area contributed by atoms with Crippen LogP contribution in [-0.4, -0.2) is 9.38 Å². The van der Waals surface area contributed by atoms with E-state index < -0.39 is 0 Å². The first-order chi connectivity index (χ1) is 15.6. The fraction of sp³-hybridized carbons (Fsp3) is 0.333. The van der Waals surface area contributed by atoms with Gasteiger partial charge in [-0.1, -0.05) is 67.1 Å². The molecule has 0 unspecified atom stereocenters. The third kappa shape index (κ3) is 4.52. The SMILES string of the molecule is CCCCCCCCc1c(C)c(C#N)c2nc3ccccc3n2c1Nc1ccc(Br)cc1. The molecule has 2 aromatic carbocycles. The van der Waals surface area contributed by atoms with Crippen molar-refractivity contribution in [1.29, 1.82) is 5.26 Å². The smallest absolute Gasteiger partial charge is 0.157 e. The van der Waals surface area contributed by atoms with Gasteiger partial charge in [0.15, 0.2) is 5.65 Å². The van der Waals surface area contributed by atoms with Crippen molar-refractivity contribution in [3.63, 3.8) is 0 Å². The normalized spacial score (nSPS) is 11.2. The van der Waals surface area contributed by atoms with Gasteiger partial charge in [0.05, 0.1) is 16.6 Å². The lowest BCUT2D eigenvalue weighted by Crippen LogP contribution is -2.08. The third-order valence-corrected chi connectivity index (χ3v) is 6.65. The summed E-state index contributed by atoms with van der Waals surface area (Å²) in [6.07, 6.45) is 8.40. The minimum atomic E-state index is 0.670. The van der Waals surface area contributed by atoms with Gasteiger partial charge in [0.1, 0.15) is 11.9 Å². The number of para-hydroxylation sites is 2. The highest BCUT2D eigenvalue weighted by Crippen LogP contribution is 2.34. The highest BCUT2D eigenvalue weighted by atomic mass is 79.9. The maximum absolute atomic E-state index is 10.0. The van der Waals surface area contributed by atoms with E-state index in [1.165, 1.54) is 37.7 Å². The summed E-state index contributed by atoms with van der Waals surface area (Å²) in [7, 11) is 0. The molecule has 2 aromatic heterocycles. The molecule has 0 aliphatic heterocycles. The van der Waals surface area contributed by atoms with Crippen LogP contribution < -0.4 is 5.32 Å². The van der Waals surface area contributed by atoms with Crippen molar-refractivity contribution in [2.45, 2.75) is 58.8 Å². The van der Waals surface area contributed by atoms with E-state index in [1.807, 2.05) is 30.3 Å². The molecule has 0 aliphatic rings. The molecule has 4 rings (SSSR count). The zero-order chi connectivity index (χ0) is 22.5. The minimum absolute atomic E-state index is 0.670. The summed E-state index contributed by atoms with van der Waals surface area (Å²) >= 11 is 3.52. The number of halogens is 1. The molecular formula is C27H29BrN4. The molecule has 0 bridgehead atoms. The van der Waals surface area contributed by atoms with E-state index in [-0.39, 0.29) is 0 Å². The lowest BCUT2D eigenvalue weighted by atomic mass is 9.98. The summed E-state index contributed by atoms with van der Waals surface area (Å²) < 4.78 is 3.18. The van der Waals surface area contributed by atoms with Crippen molar-refractivity contribution in [1.82, 2.24) is 9.38 Å². The first-order valence-corrected chi connectivity index (χ1v) is 12.3. The fourth-order valence-electron chi connectivity index (χ4n) is 4.37. The Kier molecular flexibility index (Phi) is 7.12. The Labute approximate surface area is 198 Å². The number of hydrogen-bond donors (Lipinski definition) is 1. The number of fused-ring (bicyclic) bond motifs is 3. The number of rotatable bonds is 9. The predicted molar refractivity (Wildman–Crippen MR) is 137 cm³/mol. The van der Waals surface area contributed by atoms with Gasteiger partial charge in [-0.15, -0.1) is 0 Å². The largest absolute Gasteiger partial charge is 0.341 e. The molecule has 0 saturated heterocycles. The van der Waals surface area contributed by atoms with Crippen LogP contribution in [0.15, 0.2) is 53.0 Å². The molecule has 0 aliphatic carbocycles. The summed E-state index contributed by atoms with van der Waals surface area (Å²) in [5.74, 6) is 1.01. The van der Waals surface area contributed by atoms with Crippen LogP contribution in [0.3, 0.4) is 0 Å². The molecule has 0 atom stereocenters. The average molecular weight is 489 g/mol. The highest BCUT2D eigenvalue weighted by Gasteiger charge is 2.20. The molecule has 5 heteroatoms. The molecule has 2 heterocycles. The molecule has 0 spiro atoms. The summed E-state index contributed by atoms with van der Waals surface area (Å²) in [5, 5.41) is 13.7. The number of aromatic nitrogens is 2. The van der Waals surface area contributed by atoms with E-state index in [1.54, 1.807) is 0 Å². The molecular weight excluding hydrogens is 460 g/mol. The van der Waals surface area contributed by atoms with E-state index in [9.17, 15) is 5.26 Å². The van der Waals surface area contributed by atoms with Crippen molar-refractivity contribution in [2.75, 3.05) is 5.32 Å². The molecule has 4 nitrogen and oxygen atoms in total. The number of nitrogens with zero attached hydrogens (tertiary/aromatic N) is 3. The summed E-state index contributed by atoms with van der Waals surface area (Å²) in [4.78, 5) is 4.83.